The van der Waals surface area contributed by atoms with Crippen LogP contribution in [0.25, 0.3) is 0 Å². The molecule has 0 spiro atoms. The predicted octanol–water partition coefficient (Wildman–Crippen LogP) is 1.71. The Labute approximate surface area is 187 Å². The monoisotopic (exact) mass is 459 g/mol. The summed E-state index contributed by atoms with van der Waals surface area (Å²) < 4.78 is 37.2. The maximum Gasteiger partial charge on any atom is 0.243 e. The molecule has 1 atom stereocenters. The first-order valence-corrected chi connectivity index (χ1v) is 11.8. The first-order chi connectivity index (χ1) is 15.4. The van der Waals surface area contributed by atoms with Crippen molar-refractivity contribution >= 4 is 33.2 Å². The van der Waals surface area contributed by atoms with Crippen molar-refractivity contribution in [3.8, 4) is 5.75 Å². The molecular weight excluding hydrogens is 434 g/mol. The highest BCUT2D eigenvalue weighted by atomic mass is 32.2. The summed E-state index contributed by atoms with van der Waals surface area (Å²) in [5.74, 6) is -0.212. The van der Waals surface area contributed by atoms with Crippen LogP contribution in [0.5, 0.6) is 5.75 Å². The molecule has 2 aromatic carbocycles. The zero-order valence-electron chi connectivity index (χ0n) is 17.7. The first kappa shape index (κ1) is 22.3. The topological polar surface area (TPSA) is 105 Å². The summed E-state index contributed by atoms with van der Waals surface area (Å²) in [6.07, 6.45) is 0.112. The molecule has 0 saturated carbocycles. The predicted molar refractivity (Wildman–Crippen MR) is 118 cm³/mol. The van der Waals surface area contributed by atoms with E-state index < -0.39 is 15.9 Å². The Bertz CT molecular complexity index is 1080. The summed E-state index contributed by atoms with van der Waals surface area (Å²) in [6, 6.07) is 13.2. The van der Waals surface area contributed by atoms with E-state index in [9.17, 15) is 18.0 Å². The molecule has 10 heteroatoms. The molecule has 2 amide bonds. The van der Waals surface area contributed by atoms with Crippen LogP contribution in [0, 0.1) is 5.92 Å². The average molecular weight is 460 g/mol. The Morgan fingerprint density at radius 1 is 1.06 bits per heavy atom. The Kier molecular flexibility index (Phi) is 6.45. The molecule has 0 unspecified atom stereocenters. The maximum atomic E-state index is 12.7. The lowest BCUT2D eigenvalue weighted by atomic mass is 10.1. The highest BCUT2D eigenvalue weighted by Gasteiger charge is 2.35. The van der Waals surface area contributed by atoms with Gasteiger partial charge in [-0.15, -0.1) is 0 Å². The Hall–Kier alpha value is -2.95. The third kappa shape index (κ3) is 4.62. The molecule has 2 heterocycles. The molecule has 2 aliphatic rings. The fourth-order valence-corrected chi connectivity index (χ4v) is 5.19. The van der Waals surface area contributed by atoms with Crippen molar-refractivity contribution in [2.45, 2.75) is 11.3 Å². The lowest BCUT2D eigenvalue weighted by molar-refractivity contribution is -0.122. The van der Waals surface area contributed by atoms with Crippen LogP contribution in [-0.4, -0.2) is 64.5 Å². The molecular formula is C22H25N3O6S. The van der Waals surface area contributed by atoms with Crippen molar-refractivity contribution in [3.05, 3.63) is 48.5 Å². The number of morpholine rings is 1. The number of ether oxygens (including phenoxy) is 2. The molecule has 1 N–H and O–H groups in total. The van der Waals surface area contributed by atoms with Crippen molar-refractivity contribution in [2.24, 2.45) is 5.92 Å². The van der Waals surface area contributed by atoms with Gasteiger partial charge in [-0.25, -0.2) is 8.42 Å². The molecule has 2 fully saturated rings. The molecule has 0 bridgehead atoms. The number of amides is 2. The van der Waals surface area contributed by atoms with Crippen molar-refractivity contribution in [3.63, 3.8) is 0 Å². The molecule has 4 rings (SSSR count). The maximum absolute atomic E-state index is 12.7. The molecule has 0 aromatic heterocycles. The van der Waals surface area contributed by atoms with Gasteiger partial charge in [-0.2, -0.15) is 4.31 Å². The smallest absolute Gasteiger partial charge is 0.243 e. The number of carbonyl (C=O) groups is 2. The summed E-state index contributed by atoms with van der Waals surface area (Å²) >= 11 is 0. The lowest BCUT2D eigenvalue weighted by Crippen LogP contribution is -2.40. The quantitative estimate of drug-likeness (QED) is 0.705. The number of carbonyl (C=O) groups excluding carboxylic acids is 2. The third-order valence-corrected chi connectivity index (χ3v) is 7.52. The van der Waals surface area contributed by atoms with Gasteiger partial charge in [0.25, 0.3) is 0 Å². The van der Waals surface area contributed by atoms with E-state index in [2.05, 4.69) is 5.32 Å². The number of hydrogen-bond acceptors (Lipinski definition) is 6. The molecule has 2 aliphatic heterocycles. The molecule has 170 valence electrons. The van der Waals surface area contributed by atoms with Crippen LogP contribution in [-0.2, 0) is 24.3 Å². The fraction of sp³-hybridized carbons (Fsp3) is 0.364. The van der Waals surface area contributed by atoms with E-state index in [0.29, 0.717) is 43.4 Å². The first-order valence-electron chi connectivity index (χ1n) is 10.3. The van der Waals surface area contributed by atoms with Gasteiger partial charge in [0.2, 0.25) is 21.8 Å². The van der Waals surface area contributed by atoms with Crippen LogP contribution in [0.4, 0.5) is 11.4 Å². The molecule has 2 aromatic rings. The number of benzene rings is 2. The molecule has 9 nitrogen and oxygen atoms in total. The number of hydrogen-bond donors (Lipinski definition) is 1. The molecule has 32 heavy (non-hydrogen) atoms. The number of methoxy groups -OCH3 is 1. The Morgan fingerprint density at radius 2 is 1.72 bits per heavy atom. The molecule has 0 aliphatic carbocycles. The zero-order chi connectivity index (χ0) is 22.7. The SMILES string of the molecule is COc1ccc(N2C[C@H](C(=O)Nc3ccc(S(=O)(=O)N4CCOCC4)cc3)CC2=O)cc1. The standard InChI is InChI=1S/C22H25N3O6S/c1-30-19-6-4-18(5-7-19)25-15-16(14-21(25)26)22(27)23-17-2-8-20(9-3-17)32(28,29)24-10-12-31-13-11-24/h2-9,16H,10-15H2,1H3,(H,23,27)/t16-/m1/s1. The second-order valence-electron chi connectivity index (χ2n) is 7.63. The van der Waals surface area contributed by atoms with Crippen LogP contribution < -0.4 is 15.0 Å². The highest BCUT2D eigenvalue weighted by molar-refractivity contribution is 7.89. The minimum Gasteiger partial charge on any atom is -0.497 e. The highest BCUT2D eigenvalue weighted by Crippen LogP contribution is 2.28. The summed E-state index contributed by atoms with van der Waals surface area (Å²) in [6.45, 7) is 1.67. The lowest BCUT2D eigenvalue weighted by Gasteiger charge is -2.26. The summed E-state index contributed by atoms with van der Waals surface area (Å²) in [5.41, 5.74) is 1.19. The van der Waals surface area contributed by atoms with E-state index in [1.165, 1.54) is 16.4 Å². The Balaban J connectivity index is 1.39. The van der Waals surface area contributed by atoms with Gasteiger partial charge in [0.05, 0.1) is 31.1 Å². The van der Waals surface area contributed by atoms with Gasteiger partial charge in [-0.1, -0.05) is 0 Å². The van der Waals surface area contributed by atoms with Gasteiger partial charge in [0.1, 0.15) is 5.75 Å². The van der Waals surface area contributed by atoms with Crippen molar-refractivity contribution in [2.75, 3.05) is 50.2 Å². The van der Waals surface area contributed by atoms with E-state index in [1.54, 1.807) is 48.4 Å². The normalized spacial score (nSPS) is 19.7. The van der Waals surface area contributed by atoms with Gasteiger partial charge in [-0.3, -0.25) is 9.59 Å². The van der Waals surface area contributed by atoms with Crippen molar-refractivity contribution < 1.29 is 27.5 Å². The van der Waals surface area contributed by atoms with E-state index in [4.69, 9.17) is 9.47 Å². The van der Waals surface area contributed by atoms with Gasteiger partial charge < -0.3 is 19.7 Å². The minimum atomic E-state index is -3.59. The number of nitrogens with zero attached hydrogens (tertiary/aromatic N) is 2. The van der Waals surface area contributed by atoms with Gasteiger partial charge in [-0.05, 0) is 48.5 Å². The number of nitrogens with one attached hydrogen (secondary N) is 1. The van der Waals surface area contributed by atoms with Crippen molar-refractivity contribution in [1.29, 1.82) is 0 Å². The fourth-order valence-electron chi connectivity index (χ4n) is 3.79. The molecule has 0 radical (unpaired) electrons. The number of rotatable bonds is 6. The zero-order valence-corrected chi connectivity index (χ0v) is 18.5. The van der Waals surface area contributed by atoms with Gasteiger partial charge >= 0.3 is 0 Å². The van der Waals surface area contributed by atoms with Crippen LogP contribution >= 0.6 is 0 Å². The minimum absolute atomic E-state index is 0.112. The molecule has 2 saturated heterocycles. The van der Waals surface area contributed by atoms with E-state index in [-0.39, 0.29) is 29.7 Å². The van der Waals surface area contributed by atoms with Gasteiger partial charge in [0.15, 0.2) is 0 Å². The summed E-state index contributed by atoms with van der Waals surface area (Å²) in [4.78, 5) is 26.9. The Morgan fingerprint density at radius 3 is 2.34 bits per heavy atom. The van der Waals surface area contributed by atoms with Crippen LogP contribution in [0.2, 0.25) is 0 Å². The second kappa shape index (κ2) is 9.27. The third-order valence-electron chi connectivity index (χ3n) is 5.61. The van der Waals surface area contributed by atoms with E-state index >= 15 is 0 Å². The van der Waals surface area contributed by atoms with Crippen molar-refractivity contribution in [1.82, 2.24) is 4.31 Å². The second-order valence-corrected chi connectivity index (χ2v) is 9.57. The van der Waals surface area contributed by atoms with Crippen LogP contribution in [0.1, 0.15) is 6.42 Å². The van der Waals surface area contributed by atoms with E-state index in [0.717, 1.165) is 0 Å². The average Bonchev–Trinajstić information content (AvgIpc) is 3.22. The van der Waals surface area contributed by atoms with Crippen LogP contribution in [0.3, 0.4) is 0 Å². The van der Waals surface area contributed by atoms with Crippen LogP contribution in [0.15, 0.2) is 53.4 Å². The summed E-state index contributed by atoms with van der Waals surface area (Å²) in [5, 5.41) is 2.79. The largest absolute Gasteiger partial charge is 0.497 e. The number of anilines is 2. The van der Waals surface area contributed by atoms with Gasteiger partial charge in [0, 0.05) is 37.4 Å². The summed E-state index contributed by atoms with van der Waals surface area (Å²) in [7, 11) is -2.02. The number of sulfonamides is 1. The van der Waals surface area contributed by atoms with E-state index in [1.807, 2.05) is 0 Å².